The van der Waals surface area contributed by atoms with Crippen molar-refractivity contribution >= 4 is 11.7 Å². The van der Waals surface area contributed by atoms with Gasteiger partial charge in [0.25, 0.3) is 0 Å². The molecule has 16 nitrogen and oxygen atoms in total. The van der Waals surface area contributed by atoms with Crippen LogP contribution < -0.4 is 10.5 Å². The molecule has 0 aliphatic rings. The van der Waals surface area contributed by atoms with Crippen LogP contribution in [0.15, 0.2) is 24.3 Å². The predicted octanol–water partition coefficient (Wildman–Crippen LogP) is 1.80. The number of benzene rings is 1. The van der Waals surface area contributed by atoms with Gasteiger partial charge in [0, 0.05) is 0 Å². The summed E-state index contributed by atoms with van der Waals surface area (Å²) in [5, 5.41) is 0. The van der Waals surface area contributed by atoms with Crippen molar-refractivity contribution in [3.8, 4) is 5.75 Å². The molecule has 51 heavy (non-hydrogen) atoms. The van der Waals surface area contributed by atoms with Gasteiger partial charge >= 0.3 is 5.97 Å². The highest BCUT2D eigenvalue weighted by atomic mass is 16.6. The Balaban J connectivity index is 1.62. The van der Waals surface area contributed by atoms with Crippen molar-refractivity contribution in [3.63, 3.8) is 0 Å². The summed E-state index contributed by atoms with van der Waals surface area (Å²) in [5.74, 6) is 0.411. The number of nitrogen functional groups attached to an aromatic ring is 1. The lowest BCUT2D eigenvalue weighted by Crippen LogP contribution is -2.15. The normalized spacial score (nSPS) is 11.3. The molecule has 0 amide bonds. The number of hydrogen-bond acceptors (Lipinski definition) is 16. The van der Waals surface area contributed by atoms with Crippen molar-refractivity contribution < 1.29 is 71.1 Å². The average molecular weight is 738 g/mol. The van der Waals surface area contributed by atoms with Crippen molar-refractivity contribution in [1.82, 2.24) is 0 Å². The number of nitrogens with two attached hydrogens (primary N) is 1. The van der Waals surface area contributed by atoms with Gasteiger partial charge in [-0.25, -0.2) is 0 Å². The largest absolute Gasteiger partial charge is 0.489 e. The summed E-state index contributed by atoms with van der Waals surface area (Å²) in [6.07, 6.45) is 0.253. The van der Waals surface area contributed by atoms with Gasteiger partial charge < -0.3 is 72.0 Å². The number of ether oxygens (including phenoxy) is 14. The Morgan fingerprint density at radius 1 is 0.431 bits per heavy atom. The third-order valence-electron chi connectivity index (χ3n) is 6.25. The molecule has 0 saturated heterocycles. The Labute approximate surface area is 303 Å². The Hall–Kier alpha value is -2.19. The molecule has 0 unspecified atom stereocenters. The van der Waals surface area contributed by atoms with Crippen LogP contribution in [0.4, 0.5) is 5.69 Å². The molecule has 0 aliphatic heterocycles. The van der Waals surface area contributed by atoms with Crippen LogP contribution in [0.5, 0.6) is 5.75 Å². The van der Waals surface area contributed by atoms with Gasteiger partial charge in [-0.3, -0.25) is 4.79 Å². The number of esters is 1. The van der Waals surface area contributed by atoms with Crippen LogP contribution in [0, 0.1) is 0 Å². The second kappa shape index (κ2) is 39.0. The van der Waals surface area contributed by atoms with Crippen LogP contribution in [-0.4, -0.2) is 178 Å². The monoisotopic (exact) mass is 737 g/mol. The van der Waals surface area contributed by atoms with E-state index in [-0.39, 0.29) is 12.4 Å². The standard InChI is InChI=1S/C35H63NO15/c1-2-50-35(37)7-8-38-9-10-39-11-12-40-13-14-41-15-16-42-17-18-43-19-20-44-21-22-45-23-24-46-25-26-47-27-28-48-29-30-49-31-32-51-34-6-4-3-5-33(34)36/h3-6H,2,7-32,36H2,1H3. The van der Waals surface area contributed by atoms with Gasteiger partial charge in [0.1, 0.15) is 12.4 Å². The zero-order valence-corrected chi connectivity index (χ0v) is 30.6. The molecule has 1 aromatic carbocycles. The van der Waals surface area contributed by atoms with Crippen molar-refractivity contribution in [3.05, 3.63) is 24.3 Å². The molecule has 2 N–H and O–H groups in total. The summed E-state index contributed by atoms with van der Waals surface area (Å²) in [5.41, 5.74) is 6.43. The first-order valence-corrected chi connectivity index (χ1v) is 17.8. The number of para-hydroxylation sites is 2. The molecule has 0 fully saturated rings. The lowest BCUT2D eigenvalue weighted by Gasteiger charge is -2.10. The van der Waals surface area contributed by atoms with E-state index in [1.165, 1.54) is 0 Å². The van der Waals surface area contributed by atoms with Crippen LogP contribution in [-0.2, 0) is 66.4 Å². The topological polar surface area (TPSA) is 172 Å². The van der Waals surface area contributed by atoms with E-state index in [9.17, 15) is 4.79 Å². The molecule has 0 aromatic heterocycles. The Bertz CT molecular complexity index is 870. The second-order valence-electron chi connectivity index (χ2n) is 10.3. The van der Waals surface area contributed by atoms with E-state index < -0.39 is 0 Å². The summed E-state index contributed by atoms with van der Waals surface area (Å²) >= 11 is 0. The molecule has 1 aromatic rings. The molecule has 0 aliphatic carbocycles. The number of carbonyl (C=O) groups is 1. The fourth-order valence-corrected chi connectivity index (χ4v) is 3.73. The first kappa shape index (κ1) is 46.8. The zero-order chi connectivity index (χ0) is 36.6. The smallest absolute Gasteiger partial charge is 0.308 e. The third-order valence-corrected chi connectivity index (χ3v) is 6.25. The maximum absolute atomic E-state index is 11.2. The van der Waals surface area contributed by atoms with Gasteiger partial charge in [0.05, 0.1) is 177 Å². The molecule has 0 spiro atoms. The van der Waals surface area contributed by atoms with Gasteiger partial charge in [0.15, 0.2) is 0 Å². The van der Waals surface area contributed by atoms with Crippen LogP contribution in [0.25, 0.3) is 0 Å². The van der Waals surface area contributed by atoms with Gasteiger partial charge in [-0.05, 0) is 19.1 Å². The minimum atomic E-state index is -0.253. The van der Waals surface area contributed by atoms with E-state index in [1.54, 1.807) is 13.0 Å². The van der Waals surface area contributed by atoms with E-state index in [0.717, 1.165) is 0 Å². The summed E-state index contributed by atoms with van der Waals surface area (Å²) in [4.78, 5) is 11.2. The van der Waals surface area contributed by atoms with Gasteiger partial charge in [-0.1, -0.05) is 12.1 Å². The molecule has 0 radical (unpaired) electrons. The van der Waals surface area contributed by atoms with Crippen molar-refractivity contribution in [1.29, 1.82) is 0 Å². The predicted molar refractivity (Wildman–Crippen MR) is 187 cm³/mol. The van der Waals surface area contributed by atoms with E-state index >= 15 is 0 Å². The summed E-state index contributed by atoms with van der Waals surface area (Å²) < 4.78 is 75.8. The van der Waals surface area contributed by atoms with Gasteiger partial charge in [0.2, 0.25) is 0 Å². The molecule has 16 heteroatoms. The van der Waals surface area contributed by atoms with E-state index in [1.807, 2.05) is 18.2 Å². The van der Waals surface area contributed by atoms with Crippen LogP contribution in [0.2, 0.25) is 0 Å². The number of hydrogen-bond donors (Lipinski definition) is 1. The molecule has 0 saturated carbocycles. The molecular weight excluding hydrogens is 674 g/mol. The first-order chi connectivity index (χ1) is 25.2. The number of rotatable bonds is 41. The fourth-order valence-electron chi connectivity index (χ4n) is 3.73. The summed E-state index contributed by atoms with van der Waals surface area (Å²) in [6, 6.07) is 7.37. The molecule has 0 heterocycles. The summed E-state index contributed by atoms with van der Waals surface area (Å²) in [7, 11) is 0. The molecule has 0 atom stereocenters. The van der Waals surface area contributed by atoms with Crippen molar-refractivity contribution in [2.45, 2.75) is 13.3 Å². The van der Waals surface area contributed by atoms with Crippen LogP contribution in [0.3, 0.4) is 0 Å². The SMILES string of the molecule is CCOC(=O)CCOCCOCCOCCOCCOCCOCCOCCOCCOCCOCCOCCOCCOc1ccccc1N. The zero-order valence-electron chi connectivity index (χ0n) is 30.6. The lowest BCUT2D eigenvalue weighted by atomic mass is 10.3. The second-order valence-corrected chi connectivity index (χ2v) is 10.3. The quantitative estimate of drug-likeness (QED) is 0.0585. The minimum Gasteiger partial charge on any atom is -0.489 e. The maximum atomic E-state index is 11.2. The Morgan fingerprint density at radius 2 is 0.706 bits per heavy atom. The van der Waals surface area contributed by atoms with Gasteiger partial charge in [-0.15, -0.1) is 0 Å². The number of carbonyl (C=O) groups excluding carboxylic acids is 1. The number of anilines is 1. The average Bonchev–Trinajstić information content (AvgIpc) is 3.13. The fraction of sp³-hybridized carbons (Fsp3) is 0.800. The highest BCUT2D eigenvalue weighted by Crippen LogP contribution is 2.19. The highest BCUT2D eigenvalue weighted by molar-refractivity contribution is 5.69. The maximum Gasteiger partial charge on any atom is 0.308 e. The molecule has 1 rings (SSSR count). The summed E-state index contributed by atoms with van der Waals surface area (Å²) in [6.45, 7) is 14.1. The van der Waals surface area contributed by atoms with Crippen LogP contribution >= 0.6 is 0 Å². The van der Waals surface area contributed by atoms with E-state index in [2.05, 4.69) is 0 Å². The highest BCUT2D eigenvalue weighted by Gasteiger charge is 2.01. The lowest BCUT2D eigenvalue weighted by molar-refractivity contribution is -0.144. The molecule has 298 valence electrons. The minimum absolute atomic E-state index is 0.253. The van der Waals surface area contributed by atoms with Crippen molar-refractivity contribution in [2.24, 2.45) is 0 Å². The Kier molecular flexibility index (Phi) is 35.8. The third kappa shape index (κ3) is 34.7. The van der Waals surface area contributed by atoms with E-state index in [4.69, 9.17) is 72.0 Å². The molecular formula is C35H63NO15. The van der Waals surface area contributed by atoms with Crippen LogP contribution in [0.1, 0.15) is 13.3 Å². The first-order valence-electron chi connectivity index (χ1n) is 17.8. The van der Waals surface area contributed by atoms with Gasteiger partial charge in [-0.2, -0.15) is 0 Å². The molecule has 0 bridgehead atoms. The van der Waals surface area contributed by atoms with Crippen molar-refractivity contribution in [2.75, 3.05) is 178 Å². The van der Waals surface area contributed by atoms with E-state index in [0.29, 0.717) is 183 Å². The Morgan fingerprint density at radius 3 is 1.00 bits per heavy atom.